The first-order valence-electron chi connectivity index (χ1n) is 10.4. The fourth-order valence-electron chi connectivity index (χ4n) is 3.22. The van der Waals surface area contributed by atoms with E-state index < -0.39 is 0 Å². The van der Waals surface area contributed by atoms with Gasteiger partial charge in [0, 0.05) is 50.6 Å². The van der Waals surface area contributed by atoms with E-state index in [9.17, 15) is 0 Å². The number of guanidine groups is 1. The van der Waals surface area contributed by atoms with Crippen LogP contribution in [0.3, 0.4) is 0 Å². The highest BCUT2D eigenvalue weighted by Crippen LogP contribution is 2.19. The maximum absolute atomic E-state index is 5.41. The number of likely N-dealkylation sites (N-methyl/N-ethyl adjacent to an activating group) is 1. The van der Waals surface area contributed by atoms with Gasteiger partial charge in [0.15, 0.2) is 11.7 Å². The van der Waals surface area contributed by atoms with E-state index in [0.717, 1.165) is 61.5 Å². The van der Waals surface area contributed by atoms with Crippen LogP contribution >= 0.6 is 0 Å². The molecule has 2 N–H and O–H groups in total. The molecule has 1 aliphatic heterocycles. The van der Waals surface area contributed by atoms with E-state index in [1.807, 2.05) is 18.3 Å². The molecule has 3 heterocycles. The molecule has 2 aromatic heterocycles. The molecule has 2 aromatic rings. The summed E-state index contributed by atoms with van der Waals surface area (Å²) in [6, 6.07) is 6.08. The molecule has 0 spiro atoms. The summed E-state index contributed by atoms with van der Waals surface area (Å²) in [4.78, 5) is 14.1. The molecule has 8 nitrogen and oxygen atoms in total. The smallest absolute Gasteiger partial charge is 0.191 e. The van der Waals surface area contributed by atoms with Crippen LogP contribution in [0.4, 0.5) is 5.82 Å². The van der Waals surface area contributed by atoms with Crippen LogP contribution < -0.4 is 15.5 Å². The van der Waals surface area contributed by atoms with Gasteiger partial charge in [-0.1, -0.05) is 25.1 Å². The van der Waals surface area contributed by atoms with Crippen LogP contribution in [0.2, 0.25) is 0 Å². The van der Waals surface area contributed by atoms with Crippen LogP contribution in [0.5, 0.6) is 0 Å². The van der Waals surface area contributed by atoms with Crippen molar-refractivity contribution in [2.75, 3.05) is 44.7 Å². The van der Waals surface area contributed by atoms with E-state index in [1.54, 1.807) is 0 Å². The zero-order valence-corrected chi connectivity index (χ0v) is 18.0. The molecule has 1 aliphatic rings. The van der Waals surface area contributed by atoms with Gasteiger partial charge in [-0.3, -0.25) is 0 Å². The maximum Gasteiger partial charge on any atom is 0.191 e. The summed E-state index contributed by atoms with van der Waals surface area (Å²) in [5.41, 5.74) is 2.10. The summed E-state index contributed by atoms with van der Waals surface area (Å²) in [6.07, 6.45) is 1.86. The zero-order valence-electron chi connectivity index (χ0n) is 18.0. The average Bonchev–Trinajstić information content (AvgIpc) is 3.20. The molecule has 3 rings (SSSR count). The van der Waals surface area contributed by atoms with Crippen LogP contribution in [0, 0.1) is 0 Å². The first-order valence-corrected chi connectivity index (χ1v) is 10.4. The van der Waals surface area contributed by atoms with Crippen LogP contribution in [-0.4, -0.2) is 60.8 Å². The molecule has 29 heavy (non-hydrogen) atoms. The highest BCUT2D eigenvalue weighted by Gasteiger charge is 2.18. The predicted molar refractivity (Wildman–Crippen MR) is 116 cm³/mol. The summed E-state index contributed by atoms with van der Waals surface area (Å²) in [7, 11) is 2.16. The molecule has 1 fully saturated rings. The summed E-state index contributed by atoms with van der Waals surface area (Å²) >= 11 is 0. The molecule has 0 saturated carbocycles. The minimum Gasteiger partial charge on any atom is -0.359 e. The van der Waals surface area contributed by atoms with Gasteiger partial charge >= 0.3 is 0 Å². The van der Waals surface area contributed by atoms with Crippen molar-refractivity contribution in [3.05, 3.63) is 41.4 Å². The Hall–Kier alpha value is -2.61. The number of aromatic nitrogens is 2. The molecular formula is C21H33N7O. The lowest BCUT2D eigenvalue weighted by molar-refractivity contribution is 0.312. The van der Waals surface area contributed by atoms with E-state index in [0.29, 0.717) is 19.0 Å². The first-order chi connectivity index (χ1) is 14.1. The molecule has 0 radical (unpaired) electrons. The minimum absolute atomic E-state index is 0.355. The number of pyridine rings is 1. The number of nitrogens with one attached hydrogen (secondary N) is 2. The van der Waals surface area contributed by atoms with Gasteiger partial charge in [-0.25, -0.2) is 9.98 Å². The molecule has 0 amide bonds. The van der Waals surface area contributed by atoms with E-state index in [4.69, 9.17) is 9.52 Å². The van der Waals surface area contributed by atoms with Crippen molar-refractivity contribution in [1.29, 1.82) is 0 Å². The van der Waals surface area contributed by atoms with Crippen LogP contribution in [0.1, 0.15) is 43.7 Å². The molecule has 1 saturated heterocycles. The Bertz CT molecular complexity index is 794. The first kappa shape index (κ1) is 21.1. The van der Waals surface area contributed by atoms with Gasteiger partial charge < -0.3 is 25.0 Å². The predicted octanol–water partition coefficient (Wildman–Crippen LogP) is 2.20. The molecule has 0 atom stereocenters. The van der Waals surface area contributed by atoms with Crippen molar-refractivity contribution in [1.82, 2.24) is 25.7 Å². The summed E-state index contributed by atoms with van der Waals surface area (Å²) in [5.74, 6) is 2.95. The second-order valence-corrected chi connectivity index (χ2v) is 7.70. The Kier molecular flexibility index (Phi) is 7.46. The molecule has 0 aromatic carbocycles. The highest BCUT2D eigenvalue weighted by molar-refractivity contribution is 5.79. The normalized spacial score (nSPS) is 15.8. The number of aliphatic imine (C=N–C) groups is 1. The van der Waals surface area contributed by atoms with Crippen molar-refractivity contribution >= 4 is 11.8 Å². The Morgan fingerprint density at radius 2 is 2.03 bits per heavy atom. The fourth-order valence-corrected chi connectivity index (χ4v) is 3.22. The van der Waals surface area contributed by atoms with Gasteiger partial charge in [-0.05, 0) is 26.0 Å². The maximum atomic E-state index is 5.41. The number of nitrogens with zero attached hydrogens (tertiary/aromatic N) is 5. The lowest BCUT2D eigenvalue weighted by Gasteiger charge is -2.34. The van der Waals surface area contributed by atoms with Crippen molar-refractivity contribution < 1.29 is 4.52 Å². The van der Waals surface area contributed by atoms with Gasteiger partial charge in [0.2, 0.25) is 0 Å². The Labute approximate surface area is 173 Å². The van der Waals surface area contributed by atoms with Crippen molar-refractivity contribution in [3.63, 3.8) is 0 Å². The zero-order chi connectivity index (χ0) is 20.6. The standard InChI is InChI=1S/C21H33N7O/c1-5-22-21(25-15-18-13-19(16(2)3)26-29-18)24-14-17-7-6-8-23-20(17)28-11-9-27(4)10-12-28/h6-8,13,16H,5,9-12,14-15H2,1-4H3,(H2,22,24,25). The lowest BCUT2D eigenvalue weighted by atomic mass is 10.1. The topological polar surface area (TPSA) is 81.8 Å². The highest BCUT2D eigenvalue weighted by atomic mass is 16.5. The van der Waals surface area contributed by atoms with E-state index in [2.05, 4.69) is 64.5 Å². The second-order valence-electron chi connectivity index (χ2n) is 7.70. The number of piperazine rings is 1. The Morgan fingerprint density at radius 3 is 2.72 bits per heavy atom. The summed E-state index contributed by atoms with van der Waals surface area (Å²) < 4.78 is 5.41. The number of rotatable bonds is 7. The van der Waals surface area contributed by atoms with Crippen molar-refractivity contribution in [2.45, 2.75) is 39.8 Å². The average molecular weight is 400 g/mol. The quantitative estimate of drug-likeness (QED) is 0.546. The Morgan fingerprint density at radius 1 is 1.24 bits per heavy atom. The molecule has 0 bridgehead atoms. The van der Waals surface area contributed by atoms with E-state index in [-0.39, 0.29) is 0 Å². The van der Waals surface area contributed by atoms with E-state index in [1.165, 1.54) is 0 Å². The summed E-state index contributed by atoms with van der Waals surface area (Å²) in [6.45, 7) is 12.3. The third-order valence-corrected chi connectivity index (χ3v) is 5.02. The van der Waals surface area contributed by atoms with Crippen LogP contribution in [-0.2, 0) is 13.1 Å². The largest absolute Gasteiger partial charge is 0.359 e. The van der Waals surface area contributed by atoms with Gasteiger partial charge in [0.25, 0.3) is 0 Å². The van der Waals surface area contributed by atoms with Gasteiger partial charge in [0.1, 0.15) is 5.82 Å². The third-order valence-electron chi connectivity index (χ3n) is 5.02. The van der Waals surface area contributed by atoms with E-state index >= 15 is 0 Å². The number of hydrogen-bond donors (Lipinski definition) is 2. The molecule has 8 heteroatoms. The minimum atomic E-state index is 0.355. The monoisotopic (exact) mass is 399 g/mol. The third kappa shape index (κ3) is 5.93. The SMILES string of the molecule is CCNC(=NCc1cccnc1N1CCN(C)CC1)NCc1cc(C(C)C)no1. The van der Waals surface area contributed by atoms with Crippen molar-refractivity contribution in [3.8, 4) is 0 Å². The molecular weight excluding hydrogens is 366 g/mol. The molecule has 158 valence electrons. The molecule has 0 unspecified atom stereocenters. The molecule has 0 aliphatic carbocycles. The second kappa shape index (κ2) is 10.2. The number of anilines is 1. The van der Waals surface area contributed by atoms with Crippen molar-refractivity contribution in [2.24, 2.45) is 4.99 Å². The Balaban J connectivity index is 1.65. The number of hydrogen-bond acceptors (Lipinski definition) is 6. The van der Waals surface area contributed by atoms with Gasteiger partial charge in [-0.2, -0.15) is 0 Å². The summed E-state index contributed by atoms with van der Waals surface area (Å²) in [5, 5.41) is 10.7. The van der Waals surface area contributed by atoms with Crippen LogP contribution in [0.15, 0.2) is 33.9 Å². The van der Waals surface area contributed by atoms with Gasteiger partial charge in [-0.15, -0.1) is 0 Å². The van der Waals surface area contributed by atoms with Gasteiger partial charge in [0.05, 0.1) is 18.8 Å². The fraction of sp³-hybridized carbons (Fsp3) is 0.571. The lowest BCUT2D eigenvalue weighted by Crippen LogP contribution is -2.45. The van der Waals surface area contributed by atoms with Crippen LogP contribution in [0.25, 0.3) is 0 Å².